The van der Waals surface area contributed by atoms with Crippen LogP contribution in [-0.2, 0) is 10.0 Å². The molecule has 0 spiro atoms. The first-order chi connectivity index (χ1) is 9.57. The lowest BCUT2D eigenvalue weighted by Gasteiger charge is -2.20. The van der Waals surface area contributed by atoms with Crippen LogP contribution in [0, 0.1) is 23.2 Å². The first kappa shape index (κ1) is 16.2. The summed E-state index contributed by atoms with van der Waals surface area (Å²) < 4.78 is 26.4. The van der Waals surface area contributed by atoms with Gasteiger partial charge in [0, 0.05) is 25.1 Å². The highest BCUT2D eigenvalue weighted by Crippen LogP contribution is 2.19. The number of hydrogen-bond acceptors (Lipinski definition) is 4. The summed E-state index contributed by atoms with van der Waals surface area (Å²) >= 11 is 0. The minimum atomic E-state index is -3.65. The van der Waals surface area contributed by atoms with Crippen molar-refractivity contribution in [1.82, 2.24) is 4.31 Å². The van der Waals surface area contributed by atoms with E-state index in [4.69, 9.17) is 11.0 Å². The van der Waals surface area contributed by atoms with Gasteiger partial charge in [-0.3, -0.25) is 0 Å². The lowest BCUT2D eigenvalue weighted by molar-refractivity contribution is 0.435. The number of hydrogen-bond donors (Lipinski definition) is 1. The molecule has 0 heterocycles. The molecule has 0 aromatic heterocycles. The summed E-state index contributed by atoms with van der Waals surface area (Å²) in [7, 11) is -3.65. The van der Waals surface area contributed by atoms with Gasteiger partial charge in [0.25, 0.3) is 0 Å². The number of nitrogens with zero attached hydrogens (tertiary/aromatic N) is 2. The number of sulfonamides is 1. The van der Waals surface area contributed by atoms with Crippen LogP contribution in [0.5, 0.6) is 0 Å². The standard InChI is InChI=1S/C14H17N3O2S/c1-2-17(12-6-11-16)20(18,19)14-9-4-3-7-13(14)8-5-10-15/h3-4,7,9H,2,6,10,12,15H2,1H3. The van der Waals surface area contributed by atoms with Gasteiger partial charge in [0.1, 0.15) is 0 Å². The largest absolute Gasteiger partial charge is 0.320 e. The predicted octanol–water partition coefficient (Wildman–Crippen LogP) is 0.921. The van der Waals surface area contributed by atoms with Crippen molar-refractivity contribution in [1.29, 1.82) is 5.26 Å². The van der Waals surface area contributed by atoms with E-state index in [0.29, 0.717) is 12.1 Å². The molecule has 0 unspecified atom stereocenters. The second-order valence-corrected chi connectivity index (χ2v) is 5.81. The third-order valence-electron chi connectivity index (χ3n) is 2.66. The fourth-order valence-electron chi connectivity index (χ4n) is 1.70. The molecule has 0 aliphatic heterocycles. The smallest absolute Gasteiger partial charge is 0.244 e. The molecule has 0 saturated carbocycles. The monoisotopic (exact) mass is 291 g/mol. The van der Waals surface area contributed by atoms with E-state index in [-0.39, 0.29) is 24.4 Å². The molecule has 0 aliphatic carbocycles. The fourth-order valence-corrected chi connectivity index (χ4v) is 3.30. The quantitative estimate of drug-likeness (QED) is 0.817. The maximum absolute atomic E-state index is 12.6. The first-order valence-corrected chi connectivity index (χ1v) is 7.67. The number of nitrogens with two attached hydrogens (primary N) is 1. The van der Waals surface area contributed by atoms with Crippen molar-refractivity contribution in [3.63, 3.8) is 0 Å². The topological polar surface area (TPSA) is 87.2 Å². The molecular formula is C14H17N3O2S. The summed E-state index contributed by atoms with van der Waals surface area (Å²) in [6, 6.07) is 8.50. The highest BCUT2D eigenvalue weighted by molar-refractivity contribution is 7.89. The molecule has 20 heavy (non-hydrogen) atoms. The summed E-state index contributed by atoms with van der Waals surface area (Å²) in [5.74, 6) is 5.43. The highest BCUT2D eigenvalue weighted by Gasteiger charge is 2.24. The maximum atomic E-state index is 12.6. The second-order valence-electron chi connectivity index (χ2n) is 3.91. The summed E-state index contributed by atoms with van der Waals surface area (Å²) in [6.07, 6.45) is 0.156. The van der Waals surface area contributed by atoms with Crippen molar-refractivity contribution in [2.24, 2.45) is 5.73 Å². The van der Waals surface area contributed by atoms with Crippen molar-refractivity contribution in [3.05, 3.63) is 29.8 Å². The Labute approximate surface area is 120 Å². The van der Waals surface area contributed by atoms with Gasteiger partial charge in [0.2, 0.25) is 10.0 Å². The molecule has 106 valence electrons. The molecular weight excluding hydrogens is 274 g/mol. The van der Waals surface area contributed by atoms with E-state index < -0.39 is 10.0 Å². The maximum Gasteiger partial charge on any atom is 0.244 e. The van der Waals surface area contributed by atoms with Crippen LogP contribution in [0.1, 0.15) is 18.9 Å². The van der Waals surface area contributed by atoms with Crippen LogP contribution >= 0.6 is 0 Å². The average molecular weight is 291 g/mol. The molecule has 6 heteroatoms. The zero-order chi connectivity index (χ0) is 15.0. The zero-order valence-electron chi connectivity index (χ0n) is 11.3. The van der Waals surface area contributed by atoms with Crippen LogP contribution in [0.15, 0.2) is 29.2 Å². The Morgan fingerprint density at radius 1 is 1.35 bits per heavy atom. The number of rotatable bonds is 5. The Balaban J connectivity index is 3.24. The highest BCUT2D eigenvalue weighted by atomic mass is 32.2. The Kier molecular flexibility index (Phi) is 6.20. The molecule has 2 N–H and O–H groups in total. The van der Waals surface area contributed by atoms with Crippen LogP contribution in [-0.4, -0.2) is 32.4 Å². The predicted molar refractivity (Wildman–Crippen MR) is 77.0 cm³/mol. The number of nitriles is 1. The third-order valence-corrected chi connectivity index (χ3v) is 4.69. The van der Waals surface area contributed by atoms with Crippen LogP contribution in [0.4, 0.5) is 0 Å². The summed E-state index contributed by atoms with van der Waals surface area (Å²) in [6.45, 7) is 2.39. The summed E-state index contributed by atoms with van der Waals surface area (Å²) in [4.78, 5) is 0.153. The molecule has 0 bridgehead atoms. The Morgan fingerprint density at radius 3 is 2.65 bits per heavy atom. The average Bonchev–Trinajstić information content (AvgIpc) is 2.46. The minimum absolute atomic E-state index is 0.153. The van der Waals surface area contributed by atoms with E-state index in [1.807, 2.05) is 6.07 Å². The molecule has 1 rings (SSSR count). The van der Waals surface area contributed by atoms with Gasteiger partial charge in [-0.05, 0) is 12.1 Å². The fraction of sp³-hybridized carbons (Fsp3) is 0.357. The van der Waals surface area contributed by atoms with Crippen molar-refractivity contribution < 1.29 is 8.42 Å². The van der Waals surface area contributed by atoms with Gasteiger partial charge in [-0.2, -0.15) is 9.57 Å². The van der Waals surface area contributed by atoms with Gasteiger partial charge < -0.3 is 5.73 Å². The van der Waals surface area contributed by atoms with Crippen LogP contribution in [0.25, 0.3) is 0 Å². The molecule has 1 aromatic carbocycles. The van der Waals surface area contributed by atoms with E-state index >= 15 is 0 Å². The van der Waals surface area contributed by atoms with Gasteiger partial charge >= 0.3 is 0 Å². The third kappa shape index (κ3) is 3.82. The van der Waals surface area contributed by atoms with Crippen molar-refractivity contribution in [2.45, 2.75) is 18.2 Å². The first-order valence-electron chi connectivity index (χ1n) is 6.23. The van der Waals surface area contributed by atoms with Crippen molar-refractivity contribution in [3.8, 4) is 17.9 Å². The Morgan fingerprint density at radius 2 is 2.05 bits per heavy atom. The van der Waals surface area contributed by atoms with Gasteiger partial charge in [0.05, 0.1) is 17.5 Å². The normalized spacial score (nSPS) is 10.7. The lowest BCUT2D eigenvalue weighted by atomic mass is 10.2. The van der Waals surface area contributed by atoms with E-state index in [1.165, 1.54) is 10.4 Å². The Hall–Kier alpha value is -1.86. The van der Waals surface area contributed by atoms with E-state index in [1.54, 1.807) is 25.1 Å². The van der Waals surface area contributed by atoms with Gasteiger partial charge in [0.15, 0.2) is 0 Å². The summed E-state index contributed by atoms with van der Waals surface area (Å²) in [5.41, 5.74) is 5.74. The van der Waals surface area contributed by atoms with Gasteiger partial charge in [-0.1, -0.05) is 30.9 Å². The molecule has 1 aromatic rings. The zero-order valence-corrected chi connectivity index (χ0v) is 12.2. The Bertz CT molecular complexity index is 651. The van der Waals surface area contributed by atoms with E-state index in [9.17, 15) is 8.42 Å². The van der Waals surface area contributed by atoms with Crippen molar-refractivity contribution in [2.75, 3.05) is 19.6 Å². The SMILES string of the molecule is CCN(CCC#N)S(=O)(=O)c1ccccc1C#CCN. The lowest BCUT2D eigenvalue weighted by Crippen LogP contribution is -2.32. The van der Waals surface area contributed by atoms with E-state index in [0.717, 1.165) is 0 Å². The summed E-state index contributed by atoms with van der Waals surface area (Å²) in [5, 5.41) is 8.61. The molecule has 0 amide bonds. The molecule has 0 saturated heterocycles. The van der Waals surface area contributed by atoms with Crippen molar-refractivity contribution >= 4 is 10.0 Å². The number of benzene rings is 1. The van der Waals surface area contributed by atoms with Gasteiger partial charge in [-0.25, -0.2) is 8.42 Å². The van der Waals surface area contributed by atoms with Crippen LogP contribution in [0.3, 0.4) is 0 Å². The second kappa shape index (κ2) is 7.66. The van der Waals surface area contributed by atoms with Crippen LogP contribution in [0.2, 0.25) is 0 Å². The van der Waals surface area contributed by atoms with E-state index in [2.05, 4.69) is 11.8 Å². The molecule has 5 nitrogen and oxygen atoms in total. The molecule has 0 radical (unpaired) electrons. The molecule has 0 fully saturated rings. The van der Waals surface area contributed by atoms with Gasteiger partial charge in [-0.15, -0.1) is 0 Å². The molecule has 0 atom stereocenters. The minimum Gasteiger partial charge on any atom is -0.320 e. The van der Waals surface area contributed by atoms with Crippen LogP contribution < -0.4 is 5.73 Å². The molecule has 0 aliphatic rings.